The van der Waals surface area contributed by atoms with E-state index in [-0.39, 0.29) is 24.3 Å². The van der Waals surface area contributed by atoms with Crippen molar-refractivity contribution in [3.63, 3.8) is 0 Å². The van der Waals surface area contributed by atoms with Crippen molar-refractivity contribution < 1.29 is 14.3 Å². The van der Waals surface area contributed by atoms with E-state index in [9.17, 15) is 9.59 Å². The van der Waals surface area contributed by atoms with E-state index in [2.05, 4.69) is 0 Å². The number of nitrogens with zero attached hydrogens (tertiary/aromatic N) is 1. The molecule has 1 fully saturated rings. The molecule has 1 aromatic carbocycles. The maximum absolute atomic E-state index is 12.1. The quantitative estimate of drug-likeness (QED) is 0.767. The van der Waals surface area contributed by atoms with Gasteiger partial charge in [-0.2, -0.15) is 0 Å². The number of carbonyl (C=O) groups excluding carboxylic acids is 2. The fraction of sp³-hybridized carbons (Fsp3) is 0.429. The molecule has 0 saturated carbocycles. The van der Waals surface area contributed by atoms with Gasteiger partial charge in [0.05, 0.1) is 12.6 Å². The highest BCUT2D eigenvalue weighted by Crippen LogP contribution is 2.19. The molecule has 0 unspecified atom stereocenters. The number of cyclic esters (lactones) is 1. The highest BCUT2D eigenvalue weighted by atomic mass is 16.6. The summed E-state index contributed by atoms with van der Waals surface area (Å²) < 4.78 is 5.01. The lowest BCUT2D eigenvalue weighted by Crippen LogP contribution is -2.40. The third kappa shape index (κ3) is 2.53. The van der Waals surface area contributed by atoms with E-state index in [0.29, 0.717) is 12.2 Å². The largest absolute Gasteiger partial charge is 0.447 e. The predicted octanol–water partition coefficient (Wildman–Crippen LogP) is 2.35. The standard InChI is InChI=1S/C14H17NO3/c1-10(2)12-9-18-14(17)15(12)8-13(16)11-6-4-3-5-7-11/h3-7,10,12H,8-9H2,1-2H3/t12-/m1/s1. The summed E-state index contributed by atoms with van der Waals surface area (Å²) >= 11 is 0. The van der Waals surface area contributed by atoms with Crippen LogP contribution in [-0.4, -0.2) is 36.0 Å². The smallest absolute Gasteiger partial charge is 0.410 e. The van der Waals surface area contributed by atoms with Gasteiger partial charge < -0.3 is 4.74 Å². The Hall–Kier alpha value is -1.84. The van der Waals surface area contributed by atoms with Gasteiger partial charge in [-0.3, -0.25) is 9.69 Å². The van der Waals surface area contributed by atoms with Crippen molar-refractivity contribution in [1.82, 2.24) is 4.90 Å². The lowest BCUT2D eigenvalue weighted by molar-refractivity contribution is 0.0920. The van der Waals surface area contributed by atoms with Crippen LogP contribution in [-0.2, 0) is 4.74 Å². The Morgan fingerprint density at radius 2 is 2.06 bits per heavy atom. The molecule has 0 N–H and O–H groups in total. The van der Waals surface area contributed by atoms with Crippen LogP contribution in [0.2, 0.25) is 0 Å². The number of hydrogen-bond donors (Lipinski definition) is 0. The van der Waals surface area contributed by atoms with Crippen LogP contribution in [0.3, 0.4) is 0 Å². The number of rotatable bonds is 4. The number of hydrogen-bond acceptors (Lipinski definition) is 3. The van der Waals surface area contributed by atoms with Crippen LogP contribution in [0.5, 0.6) is 0 Å². The van der Waals surface area contributed by atoms with Gasteiger partial charge in [0.2, 0.25) is 0 Å². The number of ketones is 1. The zero-order valence-corrected chi connectivity index (χ0v) is 10.6. The fourth-order valence-electron chi connectivity index (χ4n) is 2.07. The Kier molecular flexibility index (Phi) is 3.65. The van der Waals surface area contributed by atoms with Gasteiger partial charge >= 0.3 is 6.09 Å². The van der Waals surface area contributed by atoms with Crippen molar-refractivity contribution in [1.29, 1.82) is 0 Å². The number of benzene rings is 1. The minimum absolute atomic E-state index is 0.00911. The molecular formula is C14H17NO3. The highest BCUT2D eigenvalue weighted by Gasteiger charge is 2.36. The number of Topliss-reactive ketones (excluding diaryl/α,β-unsaturated/α-hetero) is 1. The van der Waals surface area contributed by atoms with E-state index in [1.807, 2.05) is 32.0 Å². The zero-order valence-electron chi connectivity index (χ0n) is 10.6. The molecule has 18 heavy (non-hydrogen) atoms. The van der Waals surface area contributed by atoms with E-state index in [4.69, 9.17) is 4.74 Å². The van der Waals surface area contributed by atoms with Crippen molar-refractivity contribution in [2.45, 2.75) is 19.9 Å². The molecule has 1 saturated heterocycles. The van der Waals surface area contributed by atoms with Crippen LogP contribution in [0.1, 0.15) is 24.2 Å². The maximum atomic E-state index is 12.1. The summed E-state index contributed by atoms with van der Waals surface area (Å²) in [7, 11) is 0. The summed E-state index contributed by atoms with van der Waals surface area (Å²) in [5.74, 6) is 0.222. The van der Waals surface area contributed by atoms with Gasteiger partial charge in [0, 0.05) is 5.56 Å². The summed E-state index contributed by atoms with van der Waals surface area (Å²) in [6, 6.07) is 9.00. The second-order valence-corrected chi connectivity index (χ2v) is 4.81. The van der Waals surface area contributed by atoms with Crippen LogP contribution >= 0.6 is 0 Å². The zero-order chi connectivity index (χ0) is 13.1. The van der Waals surface area contributed by atoms with Crippen LogP contribution in [0, 0.1) is 5.92 Å². The van der Waals surface area contributed by atoms with Gasteiger partial charge in [-0.15, -0.1) is 0 Å². The van der Waals surface area contributed by atoms with Crippen LogP contribution in [0.15, 0.2) is 30.3 Å². The number of ether oxygens (including phenoxy) is 1. The monoisotopic (exact) mass is 247 g/mol. The van der Waals surface area contributed by atoms with Crippen LogP contribution in [0.4, 0.5) is 4.79 Å². The Bertz CT molecular complexity index is 442. The summed E-state index contributed by atoms with van der Waals surface area (Å²) in [6.45, 7) is 4.50. The predicted molar refractivity (Wildman–Crippen MR) is 67.5 cm³/mol. The molecule has 1 aliphatic rings. The van der Waals surface area contributed by atoms with Gasteiger partial charge in [-0.05, 0) is 5.92 Å². The molecule has 1 heterocycles. The van der Waals surface area contributed by atoms with Gasteiger partial charge in [0.15, 0.2) is 5.78 Å². The molecule has 0 bridgehead atoms. The van der Waals surface area contributed by atoms with E-state index >= 15 is 0 Å². The minimum Gasteiger partial charge on any atom is -0.447 e. The molecule has 0 radical (unpaired) electrons. The third-order valence-electron chi connectivity index (χ3n) is 3.19. The molecule has 0 aromatic heterocycles. The number of carbonyl (C=O) groups is 2. The Balaban J connectivity index is 2.08. The molecule has 4 heteroatoms. The molecule has 1 atom stereocenters. The van der Waals surface area contributed by atoms with Gasteiger partial charge in [0.1, 0.15) is 6.61 Å². The molecular weight excluding hydrogens is 230 g/mol. The molecule has 1 aromatic rings. The van der Waals surface area contributed by atoms with Crippen molar-refractivity contribution in [2.75, 3.05) is 13.2 Å². The molecule has 2 rings (SSSR count). The average Bonchev–Trinajstić information content (AvgIpc) is 2.72. The summed E-state index contributed by atoms with van der Waals surface area (Å²) in [5.41, 5.74) is 0.625. The summed E-state index contributed by atoms with van der Waals surface area (Å²) in [4.78, 5) is 25.2. The molecule has 96 valence electrons. The maximum Gasteiger partial charge on any atom is 0.410 e. The average molecular weight is 247 g/mol. The molecule has 4 nitrogen and oxygen atoms in total. The Morgan fingerprint density at radius 1 is 1.39 bits per heavy atom. The highest BCUT2D eigenvalue weighted by molar-refractivity contribution is 5.99. The SMILES string of the molecule is CC(C)[C@H]1COC(=O)N1CC(=O)c1ccccc1. The first-order valence-corrected chi connectivity index (χ1v) is 6.11. The van der Waals surface area contributed by atoms with Crippen molar-refractivity contribution >= 4 is 11.9 Å². The van der Waals surface area contributed by atoms with Crippen molar-refractivity contribution in [3.8, 4) is 0 Å². The van der Waals surface area contributed by atoms with E-state index in [0.717, 1.165) is 0 Å². The summed E-state index contributed by atoms with van der Waals surface area (Å²) in [6.07, 6.45) is -0.391. The molecule has 0 aliphatic carbocycles. The molecule has 1 amide bonds. The fourth-order valence-corrected chi connectivity index (χ4v) is 2.07. The molecule has 0 spiro atoms. The third-order valence-corrected chi connectivity index (χ3v) is 3.19. The lowest BCUT2D eigenvalue weighted by Gasteiger charge is -2.23. The van der Waals surface area contributed by atoms with E-state index < -0.39 is 6.09 Å². The first-order valence-electron chi connectivity index (χ1n) is 6.11. The van der Waals surface area contributed by atoms with Crippen LogP contribution < -0.4 is 0 Å². The van der Waals surface area contributed by atoms with Crippen LogP contribution in [0.25, 0.3) is 0 Å². The van der Waals surface area contributed by atoms with E-state index in [1.165, 1.54) is 4.90 Å². The number of amides is 1. The van der Waals surface area contributed by atoms with Gasteiger partial charge in [-0.1, -0.05) is 44.2 Å². The lowest BCUT2D eigenvalue weighted by atomic mass is 10.0. The molecule has 1 aliphatic heterocycles. The van der Waals surface area contributed by atoms with E-state index in [1.54, 1.807) is 12.1 Å². The van der Waals surface area contributed by atoms with Crippen molar-refractivity contribution in [3.05, 3.63) is 35.9 Å². The Labute approximate surface area is 107 Å². The van der Waals surface area contributed by atoms with Crippen molar-refractivity contribution in [2.24, 2.45) is 5.92 Å². The Morgan fingerprint density at radius 3 is 2.67 bits per heavy atom. The normalized spacial score (nSPS) is 19.2. The minimum atomic E-state index is -0.391. The van der Waals surface area contributed by atoms with Gasteiger partial charge in [-0.25, -0.2) is 4.79 Å². The first kappa shape index (κ1) is 12.6. The summed E-state index contributed by atoms with van der Waals surface area (Å²) in [5, 5.41) is 0. The first-order chi connectivity index (χ1) is 8.59. The second kappa shape index (κ2) is 5.21. The topological polar surface area (TPSA) is 46.6 Å². The second-order valence-electron chi connectivity index (χ2n) is 4.81. The van der Waals surface area contributed by atoms with Gasteiger partial charge in [0.25, 0.3) is 0 Å².